The van der Waals surface area contributed by atoms with Gasteiger partial charge in [-0.25, -0.2) is 4.98 Å². The van der Waals surface area contributed by atoms with E-state index in [1.54, 1.807) is 18.3 Å². The Balaban J connectivity index is 1.74. The molecule has 0 atom stereocenters. The number of hydrogen-bond donors (Lipinski definition) is 2. The lowest BCUT2D eigenvalue weighted by Crippen LogP contribution is -2.20. The summed E-state index contributed by atoms with van der Waals surface area (Å²) in [6.45, 7) is 2.15. The Morgan fingerprint density at radius 1 is 1.19 bits per heavy atom. The molecule has 2 amide bonds. The maximum atomic E-state index is 12.0. The first kappa shape index (κ1) is 20.7. The molecule has 1 aromatic heterocycles. The third-order valence-corrected chi connectivity index (χ3v) is 5.14. The van der Waals surface area contributed by atoms with Gasteiger partial charge in [-0.1, -0.05) is 29.6 Å². The molecule has 1 aromatic carbocycles. The van der Waals surface area contributed by atoms with Gasteiger partial charge in [-0.2, -0.15) is 0 Å². The number of thiazole rings is 1. The fourth-order valence-electron chi connectivity index (χ4n) is 2.35. The molecule has 0 saturated heterocycles. The summed E-state index contributed by atoms with van der Waals surface area (Å²) in [7, 11) is 0. The summed E-state index contributed by atoms with van der Waals surface area (Å²) in [5, 5.41) is 7.45. The topological polar surface area (TPSA) is 71.1 Å². The van der Waals surface area contributed by atoms with E-state index in [2.05, 4.69) is 15.6 Å². The van der Waals surface area contributed by atoms with E-state index in [0.717, 1.165) is 29.7 Å². The standard InChI is InChI=1S/C18H21Cl2N3O2S/c1-12(24)21-8-4-2-3-5-17(25)23-18-22-11-15(26-18)10-13-9-14(19)6-7-16(13)20/h6-7,9,11H,2-5,8,10H2,1H3,(H,21,24)(H,22,23,25). The molecule has 1 heterocycles. The maximum absolute atomic E-state index is 12.0. The van der Waals surface area contributed by atoms with Crippen molar-refractivity contribution in [3.8, 4) is 0 Å². The van der Waals surface area contributed by atoms with E-state index in [0.29, 0.717) is 34.6 Å². The van der Waals surface area contributed by atoms with Crippen LogP contribution in [0.4, 0.5) is 5.13 Å². The predicted octanol–water partition coefficient (Wildman–Crippen LogP) is 4.68. The second-order valence-corrected chi connectivity index (χ2v) is 7.84. The van der Waals surface area contributed by atoms with Crippen LogP contribution >= 0.6 is 34.5 Å². The van der Waals surface area contributed by atoms with Crippen molar-refractivity contribution >= 4 is 51.5 Å². The van der Waals surface area contributed by atoms with Gasteiger partial charge in [0.15, 0.2) is 5.13 Å². The van der Waals surface area contributed by atoms with Crippen LogP contribution in [0, 0.1) is 0 Å². The van der Waals surface area contributed by atoms with Crippen LogP contribution in [-0.2, 0) is 16.0 Å². The number of rotatable bonds is 9. The number of amides is 2. The molecular formula is C18H21Cl2N3O2S. The van der Waals surface area contributed by atoms with Gasteiger partial charge in [0, 0.05) is 47.4 Å². The summed E-state index contributed by atoms with van der Waals surface area (Å²) in [6.07, 6.45) is 5.34. The Morgan fingerprint density at radius 3 is 2.77 bits per heavy atom. The number of carbonyl (C=O) groups excluding carboxylic acids is 2. The summed E-state index contributed by atoms with van der Waals surface area (Å²) in [4.78, 5) is 28.0. The number of hydrogen-bond acceptors (Lipinski definition) is 4. The first-order valence-corrected chi connectivity index (χ1v) is 9.94. The van der Waals surface area contributed by atoms with Crippen molar-refractivity contribution in [3.05, 3.63) is 44.9 Å². The van der Waals surface area contributed by atoms with Gasteiger partial charge in [-0.05, 0) is 36.6 Å². The molecule has 0 aliphatic rings. The number of carbonyl (C=O) groups is 2. The first-order chi connectivity index (χ1) is 12.4. The van der Waals surface area contributed by atoms with Crippen LogP contribution in [0.2, 0.25) is 10.0 Å². The van der Waals surface area contributed by atoms with Gasteiger partial charge in [0.05, 0.1) is 0 Å². The predicted molar refractivity (Wildman–Crippen MR) is 107 cm³/mol. The summed E-state index contributed by atoms with van der Waals surface area (Å²) in [5.74, 6) is -0.0763. The molecule has 2 aromatic rings. The van der Waals surface area contributed by atoms with Gasteiger partial charge in [0.2, 0.25) is 11.8 Å². The number of aromatic nitrogens is 1. The molecule has 26 heavy (non-hydrogen) atoms. The Hall–Kier alpha value is -1.63. The molecule has 0 spiro atoms. The fraction of sp³-hybridized carbons (Fsp3) is 0.389. The number of halogens is 2. The highest BCUT2D eigenvalue weighted by Gasteiger charge is 2.09. The quantitative estimate of drug-likeness (QED) is 0.586. The van der Waals surface area contributed by atoms with E-state index >= 15 is 0 Å². The van der Waals surface area contributed by atoms with E-state index in [1.807, 2.05) is 6.07 Å². The van der Waals surface area contributed by atoms with Crippen molar-refractivity contribution in [2.75, 3.05) is 11.9 Å². The van der Waals surface area contributed by atoms with Crippen LogP contribution in [-0.4, -0.2) is 23.3 Å². The monoisotopic (exact) mass is 413 g/mol. The fourth-order valence-corrected chi connectivity index (χ4v) is 3.58. The summed E-state index contributed by atoms with van der Waals surface area (Å²) < 4.78 is 0. The average molecular weight is 414 g/mol. The van der Waals surface area contributed by atoms with Crippen molar-refractivity contribution in [1.29, 1.82) is 0 Å². The molecule has 0 radical (unpaired) electrons. The zero-order chi connectivity index (χ0) is 18.9. The van der Waals surface area contributed by atoms with Crippen LogP contribution in [0.25, 0.3) is 0 Å². The number of unbranched alkanes of at least 4 members (excludes halogenated alkanes) is 2. The molecular weight excluding hydrogens is 393 g/mol. The second kappa shape index (κ2) is 10.5. The van der Waals surface area contributed by atoms with Crippen molar-refractivity contribution in [2.24, 2.45) is 0 Å². The van der Waals surface area contributed by atoms with Crippen molar-refractivity contribution in [2.45, 2.75) is 39.0 Å². The van der Waals surface area contributed by atoms with E-state index in [9.17, 15) is 9.59 Å². The molecule has 0 aliphatic heterocycles. The van der Waals surface area contributed by atoms with E-state index in [-0.39, 0.29) is 11.8 Å². The minimum absolute atomic E-state index is 0.0265. The van der Waals surface area contributed by atoms with Crippen LogP contribution in [0.5, 0.6) is 0 Å². The molecule has 5 nitrogen and oxygen atoms in total. The van der Waals surface area contributed by atoms with Crippen molar-refractivity contribution < 1.29 is 9.59 Å². The van der Waals surface area contributed by atoms with Crippen LogP contribution < -0.4 is 10.6 Å². The Kier molecular flexibility index (Phi) is 8.35. The number of benzene rings is 1. The van der Waals surface area contributed by atoms with Gasteiger partial charge in [0.1, 0.15) is 0 Å². The Bertz CT molecular complexity index is 765. The molecule has 0 aliphatic carbocycles. The van der Waals surface area contributed by atoms with Crippen molar-refractivity contribution in [3.63, 3.8) is 0 Å². The van der Waals surface area contributed by atoms with Crippen LogP contribution in [0.3, 0.4) is 0 Å². The zero-order valence-corrected chi connectivity index (χ0v) is 16.8. The van der Waals surface area contributed by atoms with Crippen LogP contribution in [0.15, 0.2) is 24.4 Å². The Morgan fingerprint density at radius 2 is 2.00 bits per heavy atom. The molecule has 2 rings (SSSR count). The normalized spacial score (nSPS) is 10.6. The number of anilines is 1. The molecule has 8 heteroatoms. The third-order valence-electron chi connectivity index (χ3n) is 3.63. The van der Waals surface area contributed by atoms with E-state index in [1.165, 1.54) is 18.3 Å². The molecule has 0 unspecified atom stereocenters. The largest absolute Gasteiger partial charge is 0.356 e. The minimum atomic E-state index is -0.0498. The summed E-state index contributed by atoms with van der Waals surface area (Å²) in [5.41, 5.74) is 0.930. The summed E-state index contributed by atoms with van der Waals surface area (Å²) in [6, 6.07) is 5.36. The third kappa shape index (κ3) is 7.32. The number of nitrogens with one attached hydrogen (secondary N) is 2. The van der Waals surface area contributed by atoms with E-state index < -0.39 is 0 Å². The minimum Gasteiger partial charge on any atom is -0.356 e. The Labute approximate surface area is 167 Å². The maximum Gasteiger partial charge on any atom is 0.226 e. The molecule has 0 bridgehead atoms. The highest BCUT2D eigenvalue weighted by molar-refractivity contribution is 7.15. The average Bonchev–Trinajstić information content (AvgIpc) is 3.01. The molecule has 0 saturated carbocycles. The molecule has 140 valence electrons. The summed E-state index contributed by atoms with van der Waals surface area (Å²) >= 11 is 13.6. The first-order valence-electron chi connectivity index (χ1n) is 8.37. The van der Waals surface area contributed by atoms with Gasteiger partial charge in [0.25, 0.3) is 0 Å². The van der Waals surface area contributed by atoms with Gasteiger partial charge >= 0.3 is 0 Å². The lowest BCUT2D eigenvalue weighted by Gasteiger charge is -2.03. The highest BCUT2D eigenvalue weighted by atomic mass is 35.5. The second-order valence-electron chi connectivity index (χ2n) is 5.89. The SMILES string of the molecule is CC(=O)NCCCCCC(=O)Nc1ncc(Cc2cc(Cl)ccc2Cl)s1. The van der Waals surface area contributed by atoms with Gasteiger partial charge in [-0.3, -0.25) is 9.59 Å². The smallest absolute Gasteiger partial charge is 0.226 e. The van der Waals surface area contributed by atoms with Gasteiger partial charge in [-0.15, -0.1) is 11.3 Å². The molecule has 0 fully saturated rings. The lowest BCUT2D eigenvalue weighted by molar-refractivity contribution is -0.119. The number of nitrogens with zero attached hydrogens (tertiary/aromatic N) is 1. The lowest BCUT2D eigenvalue weighted by atomic mass is 10.1. The molecule has 2 N–H and O–H groups in total. The zero-order valence-electron chi connectivity index (χ0n) is 14.5. The van der Waals surface area contributed by atoms with Crippen LogP contribution in [0.1, 0.15) is 43.0 Å². The van der Waals surface area contributed by atoms with Gasteiger partial charge < -0.3 is 10.6 Å². The van der Waals surface area contributed by atoms with E-state index in [4.69, 9.17) is 23.2 Å². The highest BCUT2D eigenvalue weighted by Crippen LogP contribution is 2.27. The van der Waals surface area contributed by atoms with Crippen molar-refractivity contribution in [1.82, 2.24) is 10.3 Å².